The molecule has 0 unspecified atom stereocenters. The van der Waals surface area contributed by atoms with Gasteiger partial charge in [0.1, 0.15) is 5.75 Å². The maximum Gasteiger partial charge on any atom is 0.324 e. The van der Waals surface area contributed by atoms with Gasteiger partial charge in [0.15, 0.2) is 15.7 Å². The van der Waals surface area contributed by atoms with E-state index in [4.69, 9.17) is 20.9 Å². The van der Waals surface area contributed by atoms with Crippen molar-refractivity contribution in [1.29, 1.82) is 0 Å². The minimum atomic E-state index is -3.33. The number of aromatic nitrogens is 2. The Morgan fingerprint density at radius 3 is 2.53 bits per heavy atom. The minimum Gasteiger partial charge on any atom is -0.494 e. The van der Waals surface area contributed by atoms with Crippen molar-refractivity contribution in [2.45, 2.75) is 56.8 Å². The Labute approximate surface area is 183 Å². The normalized spacial score (nSPS) is 16.1. The third-order valence-corrected chi connectivity index (χ3v) is 6.88. The summed E-state index contributed by atoms with van der Waals surface area (Å²) >= 11 is 6.06. The molecule has 3 rings (SSSR count). The maximum atomic E-state index is 11.6. The molecular weight excluding hydrogens is 426 g/mol. The number of anilines is 1. The van der Waals surface area contributed by atoms with E-state index in [2.05, 4.69) is 35.8 Å². The van der Waals surface area contributed by atoms with E-state index in [0.717, 1.165) is 50.9 Å². The summed E-state index contributed by atoms with van der Waals surface area (Å²) in [5, 5.41) is 4.30. The van der Waals surface area contributed by atoms with Gasteiger partial charge in [-0.15, -0.1) is 0 Å². The van der Waals surface area contributed by atoms with E-state index in [1.165, 1.54) is 6.07 Å². The molecule has 0 N–H and O–H groups in total. The van der Waals surface area contributed by atoms with Crippen LogP contribution in [0.3, 0.4) is 0 Å². The van der Waals surface area contributed by atoms with E-state index in [9.17, 15) is 8.42 Å². The third kappa shape index (κ3) is 5.88. The first kappa shape index (κ1) is 22.9. The van der Waals surface area contributed by atoms with Crippen LogP contribution in [0.1, 0.15) is 52.3 Å². The monoisotopic (exact) mass is 455 g/mol. The predicted octanol–water partition coefficient (Wildman–Crippen LogP) is 4.50. The van der Waals surface area contributed by atoms with Crippen LogP contribution in [-0.4, -0.2) is 44.5 Å². The first-order valence-electron chi connectivity index (χ1n) is 10.3. The highest BCUT2D eigenvalue weighted by Gasteiger charge is 2.26. The van der Waals surface area contributed by atoms with Crippen molar-refractivity contribution < 1.29 is 17.7 Å². The van der Waals surface area contributed by atoms with Crippen LogP contribution < -0.4 is 9.64 Å². The molecule has 0 spiro atoms. The summed E-state index contributed by atoms with van der Waals surface area (Å²) in [5.41, 5.74) is -0.116. The number of ether oxygens (including phenoxy) is 1. The third-order valence-electron chi connectivity index (χ3n) is 5.30. The second-order valence-corrected chi connectivity index (χ2v) is 11.3. The molecule has 0 bridgehead atoms. The highest BCUT2D eigenvalue weighted by Crippen LogP contribution is 2.28. The molecule has 1 saturated heterocycles. The summed E-state index contributed by atoms with van der Waals surface area (Å²) in [6, 6.07) is 5.32. The zero-order valence-electron chi connectivity index (χ0n) is 18.0. The number of hydrogen-bond acceptors (Lipinski definition) is 7. The number of benzene rings is 1. The average Bonchev–Trinajstić information content (AvgIpc) is 3.15. The maximum absolute atomic E-state index is 11.6. The summed E-state index contributed by atoms with van der Waals surface area (Å²) in [6.07, 6.45) is 5.33. The molecule has 9 heteroatoms. The number of nitrogens with zero attached hydrogens (tertiary/aromatic N) is 3. The van der Waals surface area contributed by atoms with Crippen LogP contribution in [0.2, 0.25) is 5.02 Å². The summed E-state index contributed by atoms with van der Waals surface area (Å²) in [5.74, 6) is 1.97. The molecular formula is C21H30ClN3O4S. The van der Waals surface area contributed by atoms with E-state index in [0.29, 0.717) is 24.3 Å². The molecule has 1 aromatic carbocycles. The first-order chi connectivity index (χ1) is 14.0. The highest BCUT2D eigenvalue weighted by atomic mass is 35.5. The smallest absolute Gasteiger partial charge is 0.324 e. The minimum absolute atomic E-state index is 0.116. The Morgan fingerprint density at radius 2 is 1.97 bits per heavy atom. The molecule has 0 amide bonds. The first-order valence-corrected chi connectivity index (χ1v) is 12.5. The molecule has 1 fully saturated rings. The summed E-state index contributed by atoms with van der Waals surface area (Å²) < 4.78 is 34.4. The average molecular weight is 456 g/mol. The number of rotatable bonds is 7. The van der Waals surface area contributed by atoms with E-state index in [-0.39, 0.29) is 15.3 Å². The number of hydrogen-bond donors (Lipinski definition) is 0. The van der Waals surface area contributed by atoms with Gasteiger partial charge in [-0.1, -0.05) is 37.5 Å². The van der Waals surface area contributed by atoms with Gasteiger partial charge in [0.05, 0.1) is 16.5 Å². The van der Waals surface area contributed by atoms with Crippen molar-refractivity contribution in [3.05, 3.63) is 29.0 Å². The highest BCUT2D eigenvalue weighted by molar-refractivity contribution is 7.90. The lowest BCUT2D eigenvalue weighted by Gasteiger charge is -2.30. The van der Waals surface area contributed by atoms with Crippen LogP contribution in [0, 0.1) is 5.92 Å². The van der Waals surface area contributed by atoms with Crippen molar-refractivity contribution in [3.8, 4) is 5.75 Å². The second-order valence-electron chi connectivity index (χ2n) is 8.94. The Hall–Kier alpha value is -1.80. The molecule has 1 aromatic heterocycles. The van der Waals surface area contributed by atoms with Gasteiger partial charge in [0, 0.05) is 30.8 Å². The Kier molecular flexibility index (Phi) is 6.97. The van der Waals surface area contributed by atoms with Crippen LogP contribution in [0.4, 0.5) is 6.01 Å². The van der Waals surface area contributed by atoms with E-state index in [1.807, 2.05) is 0 Å². The lowest BCUT2D eigenvalue weighted by atomic mass is 9.92. The van der Waals surface area contributed by atoms with Crippen molar-refractivity contribution in [3.63, 3.8) is 0 Å². The standard InChI is InChI=1S/C21H30ClN3O4S/c1-21(2,3)19-23-20(29-24-19)25-11-9-15(10-12-25)6-5-13-28-16-7-8-18(17(22)14-16)30(4,26)27/h7-8,14-15H,5-6,9-13H2,1-4H3. The number of piperidine rings is 1. The summed E-state index contributed by atoms with van der Waals surface area (Å²) in [7, 11) is -3.33. The molecule has 30 heavy (non-hydrogen) atoms. The molecule has 0 saturated carbocycles. The molecule has 2 aromatic rings. The van der Waals surface area contributed by atoms with Gasteiger partial charge in [-0.2, -0.15) is 4.98 Å². The van der Waals surface area contributed by atoms with Crippen LogP contribution in [0.15, 0.2) is 27.6 Å². The molecule has 7 nitrogen and oxygen atoms in total. The van der Waals surface area contributed by atoms with Gasteiger partial charge in [0.25, 0.3) is 0 Å². The molecule has 1 aliphatic rings. The lowest BCUT2D eigenvalue weighted by molar-refractivity contribution is 0.276. The van der Waals surface area contributed by atoms with Crippen molar-refractivity contribution >= 4 is 27.5 Å². The van der Waals surface area contributed by atoms with Crippen molar-refractivity contribution in [2.75, 3.05) is 30.9 Å². The molecule has 0 atom stereocenters. The van der Waals surface area contributed by atoms with Gasteiger partial charge < -0.3 is 14.2 Å². The predicted molar refractivity (Wildman–Crippen MR) is 117 cm³/mol. The van der Waals surface area contributed by atoms with E-state index < -0.39 is 9.84 Å². The van der Waals surface area contributed by atoms with Gasteiger partial charge in [-0.3, -0.25) is 0 Å². The van der Waals surface area contributed by atoms with Crippen LogP contribution in [0.5, 0.6) is 5.75 Å². The molecule has 166 valence electrons. The fourth-order valence-electron chi connectivity index (χ4n) is 3.50. The van der Waals surface area contributed by atoms with Crippen molar-refractivity contribution in [2.24, 2.45) is 5.92 Å². The zero-order valence-corrected chi connectivity index (χ0v) is 19.6. The van der Waals surface area contributed by atoms with E-state index in [1.54, 1.807) is 12.1 Å². The Morgan fingerprint density at radius 1 is 1.27 bits per heavy atom. The molecule has 1 aliphatic heterocycles. The fraction of sp³-hybridized carbons (Fsp3) is 0.619. The van der Waals surface area contributed by atoms with Crippen LogP contribution in [0.25, 0.3) is 0 Å². The zero-order chi connectivity index (χ0) is 21.9. The fourth-order valence-corrected chi connectivity index (χ4v) is 4.81. The summed E-state index contributed by atoms with van der Waals surface area (Å²) in [6.45, 7) is 8.63. The Bertz CT molecular complexity index is 961. The SMILES string of the molecule is CC(C)(C)c1noc(N2CCC(CCCOc3ccc(S(C)(=O)=O)c(Cl)c3)CC2)n1. The number of halogens is 1. The van der Waals surface area contributed by atoms with Gasteiger partial charge in [-0.05, 0) is 43.7 Å². The van der Waals surface area contributed by atoms with Gasteiger partial charge in [-0.25, -0.2) is 8.42 Å². The number of sulfone groups is 1. The molecule has 2 heterocycles. The lowest BCUT2D eigenvalue weighted by Crippen LogP contribution is -2.34. The van der Waals surface area contributed by atoms with Crippen LogP contribution in [-0.2, 0) is 15.3 Å². The Balaban J connectivity index is 1.40. The topological polar surface area (TPSA) is 85.5 Å². The molecule has 0 aliphatic carbocycles. The van der Waals surface area contributed by atoms with Gasteiger partial charge in [0.2, 0.25) is 0 Å². The second kappa shape index (κ2) is 9.14. The largest absolute Gasteiger partial charge is 0.494 e. The summed E-state index contributed by atoms with van der Waals surface area (Å²) in [4.78, 5) is 6.84. The quantitative estimate of drug-likeness (QED) is 0.568. The van der Waals surface area contributed by atoms with Gasteiger partial charge >= 0.3 is 6.01 Å². The van der Waals surface area contributed by atoms with Crippen molar-refractivity contribution in [1.82, 2.24) is 10.1 Å². The molecule has 0 radical (unpaired) electrons. The van der Waals surface area contributed by atoms with Crippen LogP contribution >= 0.6 is 11.6 Å². The van der Waals surface area contributed by atoms with E-state index >= 15 is 0 Å².